The Balaban J connectivity index is 1.94. The van der Waals surface area contributed by atoms with Crippen molar-refractivity contribution in [2.45, 2.75) is 20.4 Å². The first-order chi connectivity index (χ1) is 6.74. The first-order valence-corrected chi connectivity index (χ1v) is 5.20. The zero-order valence-electron chi connectivity index (χ0n) is 8.07. The average molecular weight is 209 g/mol. The van der Waals surface area contributed by atoms with E-state index in [1.165, 1.54) is 0 Å². The van der Waals surface area contributed by atoms with Crippen LogP contribution in [-0.2, 0) is 6.54 Å². The molecule has 14 heavy (non-hydrogen) atoms. The molecule has 0 saturated heterocycles. The Morgan fingerprint density at radius 3 is 2.93 bits per heavy atom. The number of hydrogen-bond donors (Lipinski definition) is 1. The molecule has 2 rings (SSSR count). The molecule has 2 aromatic heterocycles. The van der Waals surface area contributed by atoms with Crippen molar-refractivity contribution in [2.75, 3.05) is 5.32 Å². The predicted molar refractivity (Wildman–Crippen MR) is 55.4 cm³/mol. The maximum absolute atomic E-state index is 4.95. The maximum Gasteiger partial charge on any atom is 0.183 e. The Morgan fingerprint density at radius 2 is 2.36 bits per heavy atom. The van der Waals surface area contributed by atoms with E-state index in [0.29, 0.717) is 6.54 Å². The van der Waals surface area contributed by atoms with Crippen molar-refractivity contribution in [3.05, 3.63) is 28.6 Å². The van der Waals surface area contributed by atoms with Gasteiger partial charge in [0.15, 0.2) is 5.13 Å². The van der Waals surface area contributed by atoms with Crippen LogP contribution in [0.15, 0.2) is 16.0 Å². The molecule has 5 heteroatoms. The molecule has 2 aromatic rings. The van der Waals surface area contributed by atoms with Crippen LogP contribution in [0.2, 0.25) is 0 Å². The highest BCUT2D eigenvalue weighted by molar-refractivity contribution is 7.13. The second-order valence-corrected chi connectivity index (χ2v) is 3.93. The lowest BCUT2D eigenvalue weighted by molar-refractivity contribution is 0.391. The van der Waals surface area contributed by atoms with Gasteiger partial charge in [-0.3, -0.25) is 0 Å². The second kappa shape index (κ2) is 3.79. The van der Waals surface area contributed by atoms with Gasteiger partial charge in [0.2, 0.25) is 0 Å². The molecule has 0 fully saturated rings. The van der Waals surface area contributed by atoms with E-state index in [1.54, 1.807) is 11.3 Å². The maximum atomic E-state index is 4.95. The van der Waals surface area contributed by atoms with Crippen LogP contribution in [0, 0.1) is 13.8 Å². The third kappa shape index (κ3) is 2.11. The van der Waals surface area contributed by atoms with Gasteiger partial charge in [0.1, 0.15) is 11.5 Å². The third-order valence-electron chi connectivity index (χ3n) is 1.72. The van der Waals surface area contributed by atoms with Crippen LogP contribution < -0.4 is 5.32 Å². The normalized spacial score (nSPS) is 10.4. The Morgan fingerprint density at radius 1 is 1.50 bits per heavy atom. The number of nitrogens with one attached hydrogen (secondary N) is 1. The van der Waals surface area contributed by atoms with E-state index in [-0.39, 0.29) is 0 Å². The molecule has 0 unspecified atom stereocenters. The van der Waals surface area contributed by atoms with Gasteiger partial charge in [-0.05, 0) is 13.8 Å². The van der Waals surface area contributed by atoms with Gasteiger partial charge in [-0.2, -0.15) is 0 Å². The first-order valence-electron chi connectivity index (χ1n) is 4.32. The van der Waals surface area contributed by atoms with Gasteiger partial charge in [-0.1, -0.05) is 5.16 Å². The average Bonchev–Trinajstić information content (AvgIpc) is 2.72. The van der Waals surface area contributed by atoms with Gasteiger partial charge in [-0.15, -0.1) is 11.3 Å². The minimum Gasteiger partial charge on any atom is -0.361 e. The summed E-state index contributed by atoms with van der Waals surface area (Å²) in [4.78, 5) is 4.28. The van der Waals surface area contributed by atoms with Crippen molar-refractivity contribution in [3.63, 3.8) is 0 Å². The van der Waals surface area contributed by atoms with Crippen molar-refractivity contribution in [2.24, 2.45) is 0 Å². The summed E-state index contributed by atoms with van der Waals surface area (Å²) in [5.74, 6) is 0.831. The van der Waals surface area contributed by atoms with E-state index in [9.17, 15) is 0 Å². The predicted octanol–water partition coefficient (Wildman–Crippen LogP) is 2.36. The summed E-state index contributed by atoms with van der Waals surface area (Å²) in [6.45, 7) is 4.51. The van der Waals surface area contributed by atoms with E-state index in [1.807, 2.05) is 25.3 Å². The van der Waals surface area contributed by atoms with E-state index >= 15 is 0 Å². The monoisotopic (exact) mass is 209 g/mol. The minimum absolute atomic E-state index is 0.657. The third-order valence-corrected chi connectivity index (χ3v) is 2.63. The van der Waals surface area contributed by atoms with Crippen LogP contribution in [-0.4, -0.2) is 10.1 Å². The molecular weight excluding hydrogens is 198 g/mol. The van der Waals surface area contributed by atoms with Crippen molar-refractivity contribution in [1.29, 1.82) is 0 Å². The van der Waals surface area contributed by atoms with Gasteiger partial charge in [-0.25, -0.2) is 4.98 Å². The van der Waals surface area contributed by atoms with E-state index < -0.39 is 0 Å². The fraction of sp³-hybridized carbons (Fsp3) is 0.333. The summed E-state index contributed by atoms with van der Waals surface area (Å²) in [5, 5.41) is 9.99. The lowest BCUT2D eigenvalue weighted by Gasteiger charge is -1.96. The quantitative estimate of drug-likeness (QED) is 0.843. The van der Waals surface area contributed by atoms with Crippen molar-refractivity contribution >= 4 is 16.5 Å². The van der Waals surface area contributed by atoms with Crippen LogP contribution >= 0.6 is 11.3 Å². The molecule has 0 amide bonds. The molecule has 0 atom stereocenters. The largest absolute Gasteiger partial charge is 0.361 e. The molecule has 4 nitrogen and oxygen atoms in total. The molecule has 0 aliphatic heterocycles. The van der Waals surface area contributed by atoms with Crippen LogP contribution in [0.1, 0.15) is 17.1 Å². The minimum atomic E-state index is 0.657. The summed E-state index contributed by atoms with van der Waals surface area (Å²) >= 11 is 1.59. The zero-order chi connectivity index (χ0) is 9.97. The lowest BCUT2D eigenvalue weighted by atomic mass is 10.4. The molecule has 0 aromatic carbocycles. The Hall–Kier alpha value is -1.36. The van der Waals surface area contributed by atoms with Gasteiger partial charge >= 0.3 is 0 Å². The Bertz CT molecular complexity index is 381. The van der Waals surface area contributed by atoms with E-state index in [4.69, 9.17) is 4.52 Å². The van der Waals surface area contributed by atoms with Crippen LogP contribution in [0.4, 0.5) is 5.13 Å². The fourth-order valence-electron chi connectivity index (χ4n) is 1.10. The summed E-state index contributed by atoms with van der Waals surface area (Å²) < 4.78 is 4.95. The zero-order valence-corrected chi connectivity index (χ0v) is 8.89. The number of rotatable bonds is 3. The molecule has 74 valence electrons. The first kappa shape index (κ1) is 9.21. The van der Waals surface area contributed by atoms with Gasteiger partial charge in [0, 0.05) is 11.4 Å². The summed E-state index contributed by atoms with van der Waals surface area (Å²) in [6.07, 6.45) is 0. The molecule has 0 aliphatic carbocycles. The standard InChI is InChI=1S/C9H11N3OS/c1-6-5-14-9(11-6)10-4-8-3-7(2)13-12-8/h3,5H,4H2,1-2H3,(H,10,11). The second-order valence-electron chi connectivity index (χ2n) is 3.08. The number of anilines is 1. The summed E-state index contributed by atoms with van der Waals surface area (Å²) in [6, 6.07) is 1.91. The van der Waals surface area contributed by atoms with Gasteiger partial charge < -0.3 is 9.84 Å². The molecule has 0 saturated carbocycles. The van der Waals surface area contributed by atoms with Gasteiger partial charge in [0.25, 0.3) is 0 Å². The molecule has 2 heterocycles. The molecular formula is C9H11N3OS. The summed E-state index contributed by atoms with van der Waals surface area (Å²) in [5.41, 5.74) is 1.93. The highest BCUT2D eigenvalue weighted by Gasteiger charge is 2.01. The van der Waals surface area contributed by atoms with E-state index in [2.05, 4.69) is 15.5 Å². The van der Waals surface area contributed by atoms with Crippen LogP contribution in [0.3, 0.4) is 0 Å². The topological polar surface area (TPSA) is 51.0 Å². The number of hydrogen-bond acceptors (Lipinski definition) is 5. The van der Waals surface area contributed by atoms with Crippen molar-refractivity contribution < 1.29 is 4.52 Å². The van der Waals surface area contributed by atoms with Crippen LogP contribution in [0.5, 0.6) is 0 Å². The number of thiazole rings is 1. The SMILES string of the molecule is Cc1csc(NCc2cc(C)on2)n1. The summed E-state index contributed by atoms with van der Waals surface area (Å²) in [7, 11) is 0. The molecule has 1 N–H and O–H groups in total. The van der Waals surface area contributed by atoms with E-state index in [0.717, 1.165) is 22.3 Å². The molecule has 0 aliphatic rings. The Labute approximate surface area is 86.0 Å². The van der Waals surface area contributed by atoms with Crippen molar-refractivity contribution in [1.82, 2.24) is 10.1 Å². The number of nitrogens with zero attached hydrogens (tertiary/aromatic N) is 2. The van der Waals surface area contributed by atoms with Gasteiger partial charge in [0.05, 0.1) is 12.2 Å². The number of aromatic nitrogens is 2. The highest BCUT2D eigenvalue weighted by atomic mass is 32.1. The lowest BCUT2D eigenvalue weighted by Crippen LogP contribution is -1.98. The fourth-order valence-corrected chi connectivity index (χ4v) is 1.79. The molecule has 0 bridgehead atoms. The molecule has 0 spiro atoms. The number of aryl methyl sites for hydroxylation is 2. The molecule has 0 radical (unpaired) electrons. The highest BCUT2D eigenvalue weighted by Crippen LogP contribution is 2.15. The van der Waals surface area contributed by atoms with Crippen LogP contribution in [0.25, 0.3) is 0 Å². The Kier molecular flexibility index (Phi) is 2.49. The smallest absolute Gasteiger partial charge is 0.183 e. The van der Waals surface area contributed by atoms with Crippen molar-refractivity contribution in [3.8, 4) is 0 Å².